The minimum absolute atomic E-state index is 0.615. The smallest absolute Gasteiger partial charge is 0.150 e. The molecule has 1 aromatic carbocycles. The number of rotatable bonds is 4. The molecule has 90 valence electrons. The molecule has 0 saturated carbocycles. The summed E-state index contributed by atoms with van der Waals surface area (Å²) in [6.45, 7) is 3.83. The summed E-state index contributed by atoms with van der Waals surface area (Å²) in [5.41, 5.74) is 1.17. The minimum Gasteiger partial charge on any atom is -0.385 e. The zero-order valence-corrected chi connectivity index (χ0v) is 11.5. The van der Waals surface area contributed by atoms with Crippen LogP contribution in [-0.2, 0) is 5.60 Å². The highest BCUT2D eigenvalue weighted by atomic mass is 32.2. The van der Waals surface area contributed by atoms with Crippen LogP contribution in [0.15, 0.2) is 40.1 Å². The minimum atomic E-state index is -0.814. The molecule has 0 radical (unpaired) electrons. The van der Waals surface area contributed by atoms with E-state index in [9.17, 15) is 5.11 Å². The predicted octanol–water partition coefficient (Wildman–Crippen LogP) is 3.45. The normalized spacial score (nSPS) is 14.5. The van der Waals surface area contributed by atoms with Crippen molar-refractivity contribution in [2.45, 2.75) is 23.8 Å². The maximum absolute atomic E-state index is 10.4. The largest absolute Gasteiger partial charge is 0.385 e. The van der Waals surface area contributed by atoms with E-state index in [1.165, 1.54) is 0 Å². The number of thiazole rings is 1. The first-order valence-corrected chi connectivity index (χ1v) is 7.27. The van der Waals surface area contributed by atoms with E-state index in [2.05, 4.69) is 4.98 Å². The maximum Gasteiger partial charge on any atom is 0.150 e. The second-order valence-electron chi connectivity index (χ2n) is 4.18. The van der Waals surface area contributed by atoms with E-state index in [0.29, 0.717) is 5.75 Å². The van der Waals surface area contributed by atoms with Crippen LogP contribution >= 0.6 is 23.1 Å². The van der Waals surface area contributed by atoms with Crippen LogP contribution in [0.25, 0.3) is 0 Å². The van der Waals surface area contributed by atoms with Gasteiger partial charge in [-0.25, -0.2) is 4.98 Å². The van der Waals surface area contributed by atoms with Crippen molar-refractivity contribution in [1.29, 1.82) is 0 Å². The second kappa shape index (κ2) is 5.21. The lowest BCUT2D eigenvalue weighted by molar-refractivity contribution is 0.0839. The van der Waals surface area contributed by atoms with Gasteiger partial charge in [-0.1, -0.05) is 42.1 Å². The van der Waals surface area contributed by atoms with E-state index in [1.54, 1.807) is 23.1 Å². The highest BCUT2D eigenvalue weighted by Gasteiger charge is 2.23. The van der Waals surface area contributed by atoms with Crippen LogP contribution in [-0.4, -0.2) is 15.8 Å². The van der Waals surface area contributed by atoms with Crippen molar-refractivity contribution in [3.8, 4) is 0 Å². The second-order valence-corrected chi connectivity index (χ2v) is 6.26. The van der Waals surface area contributed by atoms with Crippen molar-refractivity contribution in [3.63, 3.8) is 0 Å². The predicted molar refractivity (Wildman–Crippen MR) is 73.6 cm³/mol. The van der Waals surface area contributed by atoms with Gasteiger partial charge in [0.2, 0.25) is 0 Å². The molecule has 1 heterocycles. The fourth-order valence-electron chi connectivity index (χ4n) is 1.48. The number of hydrogen-bond acceptors (Lipinski definition) is 4. The monoisotopic (exact) mass is 265 g/mol. The fraction of sp³-hybridized carbons (Fsp3) is 0.308. The van der Waals surface area contributed by atoms with Crippen LogP contribution in [0.2, 0.25) is 0 Å². The van der Waals surface area contributed by atoms with Gasteiger partial charge in [0.15, 0.2) is 0 Å². The summed E-state index contributed by atoms with van der Waals surface area (Å²) in [5.74, 6) is 0.615. The molecule has 17 heavy (non-hydrogen) atoms. The third-order valence-electron chi connectivity index (χ3n) is 2.47. The molecular weight excluding hydrogens is 250 g/mol. The molecule has 2 aromatic rings. The van der Waals surface area contributed by atoms with Crippen LogP contribution < -0.4 is 0 Å². The van der Waals surface area contributed by atoms with E-state index in [1.807, 2.05) is 49.6 Å². The van der Waals surface area contributed by atoms with Crippen LogP contribution in [0.5, 0.6) is 0 Å². The van der Waals surface area contributed by atoms with Crippen molar-refractivity contribution in [2.75, 3.05) is 5.75 Å². The molecule has 2 rings (SSSR count). The molecule has 0 spiro atoms. The van der Waals surface area contributed by atoms with Crippen molar-refractivity contribution in [3.05, 3.63) is 47.0 Å². The molecule has 4 heteroatoms. The Bertz CT molecular complexity index is 479. The Morgan fingerprint density at radius 3 is 2.65 bits per heavy atom. The number of aryl methyl sites for hydroxylation is 1. The molecule has 1 atom stereocenters. The van der Waals surface area contributed by atoms with Crippen molar-refractivity contribution >= 4 is 23.1 Å². The number of aromatic nitrogens is 1. The summed E-state index contributed by atoms with van der Waals surface area (Å²) in [7, 11) is 0. The molecular formula is C13H15NOS2. The van der Waals surface area contributed by atoms with Crippen LogP contribution in [0, 0.1) is 6.92 Å². The van der Waals surface area contributed by atoms with Gasteiger partial charge in [-0.2, -0.15) is 0 Å². The standard InChI is InChI=1S/C13H15NOS2/c1-10-8-16-12(14-10)17-9-13(2,15)11-6-4-3-5-7-11/h3-8,15H,9H2,1-2H3. The zero-order chi connectivity index (χ0) is 12.3. The average molecular weight is 265 g/mol. The quantitative estimate of drug-likeness (QED) is 0.860. The summed E-state index contributed by atoms with van der Waals surface area (Å²) in [6.07, 6.45) is 0. The average Bonchev–Trinajstić information content (AvgIpc) is 2.74. The molecule has 0 amide bonds. The van der Waals surface area contributed by atoms with Crippen molar-refractivity contribution in [1.82, 2.24) is 4.98 Å². The third-order valence-corrected chi connectivity index (χ3v) is 4.91. The number of aliphatic hydroxyl groups is 1. The van der Waals surface area contributed by atoms with Crippen LogP contribution in [0.4, 0.5) is 0 Å². The van der Waals surface area contributed by atoms with E-state index >= 15 is 0 Å². The lowest BCUT2D eigenvalue weighted by atomic mass is 9.99. The Morgan fingerprint density at radius 1 is 1.35 bits per heavy atom. The van der Waals surface area contributed by atoms with E-state index < -0.39 is 5.60 Å². The molecule has 1 aromatic heterocycles. The van der Waals surface area contributed by atoms with Gasteiger partial charge in [0.25, 0.3) is 0 Å². The first kappa shape index (κ1) is 12.6. The number of thioether (sulfide) groups is 1. The van der Waals surface area contributed by atoms with Gasteiger partial charge in [-0.3, -0.25) is 0 Å². The Hall–Kier alpha value is -0.840. The first-order chi connectivity index (χ1) is 8.08. The topological polar surface area (TPSA) is 33.1 Å². The van der Waals surface area contributed by atoms with Crippen molar-refractivity contribution < 1.29 is 5.11 Å². The van der Waals surface area contributed by atoms with Gasteiger partial charge >= 0.3 is 0 Å². The fourth-order valence-corrected chi connectivity index (χ4v) is 3.38. The Balaban J connectivity index is 2.03. The Kier molecular flexibility index (Phi) is 3.86. The molecule has 0 fully saturated rings. The molecule has 0 aliphatic rings. The van der Waals surface area contributed by atoms with E-state index in [0.717, 1.165) is 15.6 Å². The highest BCUT2D eigenvalue weighted by Crippen LogP contribution is 2.30. The van der Waals surface area contributed by atoms with Gasteiger partial charge < -0.3 is 5.11 Å². The molecule has 2 nitrogen and oxygen atoms in total. The summed E-state index contributed by atoms with van der Waals surface area (Å²) in [6, 6.07) is 9.75. The molecule has 0 bridgehead atoms. The summed E-state index contributed by atoms with van der Waals surface area (Å²) < 4.78 is 1.01. The molecule has 0 aliphatic carbocycles. The molecule has 0 saturated heterocycles. The summed E-state index contributed by atoms with van der Waals surface area (Å²) in [4.78, 5) is 4.38. The SMILES string of the molecule is Cc1csc(SCC(C)(O)c2ccccc2)n1. The molecule has 0 aliphatic heterocycles. The Labute approximate surface area is 110 Å². The lowest BCUT2D eigenvalue weighted by Crippen LogP contribution is -2.24. The van der Waals surface area contributed by atoms with Gasteiger partial charge in [0, 0.05) is 16.8 Å². The van der Waals surface area contributed by atoms with Gasteiger partial charge in [0.05, 0.1) is 5.60 Å². The van der Waals surface area contributed by atoms with Crippen molar-refractivity contribution in [2.24, 2.45) is 0 Å². The van der Waals surface area contributed by atoms with Crippen LogP contribution in [0.1, 0.15) is 18.2 Å². The first-order valence-electron chi connectivity index (χ1n) is 5.41. The lowest BCUT2D eigenvalue weighted by Gasteiger charge is -2.22. The number of nitrogens with zero attached hydrogens (tertiary/aromatic N) is 1. The Morgan fingerprint density at radius 2 is 2.06 bits per heavy atom. The molecule has 1 N–H and O–H groups in total. The molecule has 1 unspecified atom stereocenters. The summed E-state index contributed by atoms with van der Waals surface area (Å²) in [5, 5.41) is 12.4. The third kappa shape index (κ3) is 3.31. The maximum atomic E-state index is 10.4. The van der Waals surface area contributed by atoms with Gasteiger partial charge in [-0.05, 0) is 19.4 Å². The number of benzene rings is 1. The zero-order valence-electron chi connectivity index (χ0n) is 9.88. The van der Waals surface area contributed by atoms with E-state index in [4.69, 9.17) is 0 Å². The highest BCUT2D eigenvalue weighted by molar-refractivity contribution is 8.01. The summed E-state index contributed by atoms with van der Waals surface area (Å²) >= 11 is 3.23. The van der Waals surface area contributed by atoms with Gasteiger partial charge in [0.1, 0.15) is 4.34 Å². The number of hydrogen-bond donors (Lipinski definition) is 1. The van der Waals surface area contributed by atoms with Gasteiger partial charge in [-0.15, -0.1) is 11.3 Å². The van der Waals surface area contributed by atoms with E-state index in [-0.39, 0.29) is 0 Å². The van der Waals surface area contributed by atoms with Crippen LogP contribution in [0.3, 0.4) is 0 Å².